The average Bonchev–Trinajstić information content (AvgIpc) is 3.11. The SMILES string of the molecule is CSCc1ccc(CNc2ccc3nc(SC)sc3c2)o1. The van der Waals surface area contributed by atoms with Crippen LogP contribution in [0.25, 0.3) is 10.2 Å². The van der Waals surface area contributed by atoms with E-state index >= 15 is 0 Å². The Kier molecular flexibility index (Phi) is 4.77. The van der Waals surface area contributed by atoms with E-state index in [4.69, 9.17) is 4.42 Å². The molecule has 0 amide bonds. The molecule has 0 spiro atoms. The first kappa shape index (κ1) is 14.8. The van der Waals surface area contributed by atoms with E-state index < -0.39 is 0 Å². The fourth-order valence-corrected chi connectivity index (χ4v) is 4.00. The van der Waals surface area contributed by atoms with Crippen LogP contribution in [0.2, 0.25) is 0 Å². The van der Waals surface area contributed by atoms with Gasteiger partial charge in [-0.2, -0.15) is 11.8 Å². The molecule has 0 atom stereocenters. The largest absolute Gasteiger partial charge is 0.463 e. The minimum absolute atomic E-state index is 0.702. The van der Waals surface area contributed by atoms with Gasteiger partial charge in [0.2, 0.25) is 0 Å². The fourth-order valence-electron chi connectivity index (χ4n) is 2.03. The summed E-state index contributed by atoms with van der Waals surface area (Å²) >= 11 is 5.18. The van der Waals surface area contributed by atoms with E-state index in [0.29, 0.717) is 6.54 Å². The summed E-state index contributed by atoms with van der Waals surface area (Å²) in [5.74, 6) is 2.92. The molecule has 0 aliphatic carbocycles. The summed E-state index contributed by atoms with van der Waals surface area (Å²) in [4.78, 5) is 4.55. The van der Waals surface area contributed by atoms with Gasteiger partial charge in [0.15, 0.2) is 4.34 Å². The van der Waals surface area contributed by atoms with Crippen molar-refractivity contribution in [2.24, 2.45) is 0 Å². The first-order chi connectivity index (χ1) is 10.3. The lowest BCUT2D eigenvalue weighted by Gasteiger charge is -2.04. The van der Waals surface area contributed by atoms with Crippen molar-refractivity contribution < 1.29 is 4.42 Å². The molecule has 0 unspecified atom stereocenters. The van der Waals surface area contributed by atoms with Crippen LogP contribution in [0.3, 0.4) is 0 Å². The van der Waals surface area contributed by atoms with E-state index in [-0.39, 0.29) is 0 Å². The number of hydrogen-bond acceptors (Lipinski definition) is 6. The Balaban J connectivity index is 1.69. The smallest absolute Gasteiger partial charge is 0.150 e. The summed E-state index contributed by atoms with van der Waals surface area (Å²) in [6.07, 6.45) is 4.13. The standard InChI is InChI=1S/C15H16N2OS3/c1-19-9-12-5-4-11(18-12)8-16-10-3-6-13-14(7-10)21-15(17-13)20-2/h3-7,16H,8-9H2,1-2H3. The van der Waals surface area contributed by atoms with Gasteiger partial charge in [-0.25, -0.2) is 4.98 Å². The molecule has 2 heterocycles. The van der Waals surface area contributed by atoms with Crippen molar-refractivity contribution in [2.75, 3.05) is 17.8 Å². The number of fused-ring (bicyclic) bond motifs is 1. The highest BCUT2D eigenvalue weighted by atomic mass is 32.2. The number of rotatable bonds is 6. The second-order valence-electron chi connectivity index (χ2n) is 4.52. The minimum Gasteiger partial charge on any atom is -0.463 e. The molecule has 110 valence electrons. The Morgan fingerprint density at radius 2 is 2.05 bits per heavy atom. The molecule has 0 aliphatic rings. The number of furan rings is 1. The lowest BCUT2D eigenvalue weighted by molar-refractivity contribution is 0.487. The van der Waals surface area contributed by atoms with Crippen molar-refractivity contribution in [1.82, 2.24) is 4.98 Å². The van der Waals surface area contributed by atoms with Crippen LogP contribution in [-0.4, -0.2) is 17.5 Å². The molecular weight excluding hydrogens is 320 g/mol. The average molecular weight is 337 g/mol. The number of nitrogens with one attached hydrogen (secondary N) is 1. The van der Waals surface area contributed by atoms with Crippen molar-refractivity contribution in [1.29, 1.82) is 0 Å². The summed E-state index contributed by atoms with van der Waals surface area (Å²) < 4.78 is 8.08. The molecule has 0 saturated carbocycles. The van der Waals surface area contributed by atoms with E-state index in [2.05, 4.69) is 41.0 Å². The second kappa shape index (κ2) is 6.77. The summed E-state index contributed by atoms with van der Waals surface area (Å²) in [5.41, 5.74) is 2.16. The molecule has 0 aliphatic heterocycles. The predicted octanol–water partition coefficient (Wildman–Crippen LogP) is 5.09. The Hall–Kier alpha value is -1.11. The molecule has 2 aromatic heterocycles. The molecule has 3 aromatic rings. The van der Waals surface area contributed by atoms with Crippen LogP contribution in [0.5, 0.6) is 0 Å². The number of thiazole rings is 1. The van der Waals surface area contributed by atoms with Gasteiger partial charge in [-0.05, 0) is 42.8 Å². The maximum Gasteiger partial charge on any atom is 0.150 e. The summed E-state index contributed by atoms with van der Waals surface area (Å²) in [6.45, 7) is 0.702. The van der Waals surface area contributed by atoms with E-state index in [1.165, 1.54) is 4.70 Å². The molecular formula is C15H16N2OS3. The number of aromatic nitrogens is 1. The van der Waals surface area contributed by atoms with Gasteiger partial charge < -0.3 is 9.73 Å². The number of hydrogen-bond donors (Lipinski definition) is 1. The van der Waals surface area contributed by atoms with Crippen LogP contribution >= 0.6 is 34.9 Å². The van der Waals surface area contributed by atoms with E-state index in [1.54, 1.807) is 34.9 Å². The summed E-state index contributed by atoms with van der Waals surface area (Å²) in [6, 6.07) is 10.4. The van der Waals surface area contributed by atoms with Crippen molar-refractivity contribution in [3.8, 4) is 0 Å². The van der Waals surface area contributed by atoms with Gasteiger partial charge in [0.25, 0.3) is 0 Å². The first-order valence-electron chi connectivity index (χ1n) is 6.53. The fraction of sp³-hybridized carbons (Fsp3) is 0.267. The molecule has 0 fully saturated rings. The van der Waals surface area contributed by atoms with Crippen LogP contribution in [-0.2, 0) is 12.3 Å². The normalized spacial score (nSPS) is 11.1. The molecule has 0 radical (unpaired) electrons. The Labute approximate surface area is 136 Å². The third-order valence-corrected chi connectivity index (χ3v) is 5.59. The zero-order valence-electron chi connectivity index (χ0n) is 11.9. The van der Waals surface area contributed by atoms with Crippen molar-refractivity contribution >= 4 is 50.8 Å². The van der Waals surface area contributed by atoms with Gasteiger partial charge in [0.1, 0.15) is 11.5 Å². The predicted molar refractivity (Wildman–Crippen MR) is 94.7 cm³/mol. The topological polar surface area (TPSA) is 38.1 Å². The van der Waals surface area contributed by atoms with Gasteiger partial charge in [0, 0.05) is 5.69 Å². The third-order valence-electron chi connectivity index (χ3n) is 3.01. The van der Waals surface area contributed by atoms with Gasteiger partial charge >= 0.3 is 0 Å². The van der Waals surface area contributed by atoms with E-state index in [1.807, 2.05) is 12.1 Å². The zero-order valence-corrected chi connectivity index (χ0v) is 14.3. The Morgan fingerprint density at radius 1 is 1.19 bits per heavy atom. The molecule has 3 nitrogen and oxygen atoms in total. The van der Waals surface area contributed by atoms with Crippen LogP contribution in [0.4, 0.5) is 5.69 Å². The maximum atomic E-state index is 5.76. The zero-order chi connectivity index (χ0) is 14.7. The van der Waals surface area contributed by atoms with E-state index in [9.17, 15) is 0 Å². The lowest BCUT2D eigenvalue weighted by atomic mass is 10.3. The van der Waals surface area contributed by atoms with Crippen molar-refractivity contribution in [2.45, 2.75) is 16.6 Å². The van der Waals surface area contributed by atoms with Gasteiger partial charge in [-0.15, -0.1) is 11.3 Å². The van der Waals surface area contributed by atoms with Crippen LogP contribution in [0, 0.1) is 0 Å². The monoisotopic (exact) mass is 336 g/mol. The number of anilines is 1. The third kappa shape index (κ3) is 3.56. The highest BCUT2D eigenvalue weighted by Crippen LogP contribution is 2.30. The van der Waals surface area contributed by atoms with Crippen molar-refractivity contribution in [3.05, 3.63) is 41.9 Å². The molecule has 1 aromatic carbocycles. The summed E-state index contributed by atoms with van der Waals surface area (Å²) in [5, 5.41) is 3.41. The van der Waals surface area contributed by atoms with Crippen LogP contribution < -0.4 is 5.32 Å². The van der Waals surface area contributed by atoms with Crippen LogP contribution in [0.15, 0.2) is 39.1 Å². The second-order valence-corrected chi connectivity index (χ2v) is 7.47. The quantitative estimate of drug-likeness (QED) is 0.635. The van der Waals surface area contributed by atoms with Crippen LogP contribution in [0.1, 0.15) is 11.5 Å². The van der Waals surface area contributed by atoms with Crippen molar-refractivity contribution in [3.63, 3.8) is 0 Å². The van der Waals surface area contributed by atoms with Gasteiger partial charge in [-0.1, -0.05) is 11.8 Å². The Bertz CT molecular complexity index is 735. The van der Waals surface area contributed by atoms with Gasteiger partial charge in [-0.3, -0.25) is 0 Å². The maximum absolute atomic E-state index is 5.76. The van der Waals surface area contributed by atoms with Gasteiger partial charge in [0.05, 0.1) is 22.5 Å². The number of nitrogens with zero attached hydrogens (tertiary/aromatic N) is 1. The minimum atomic E-state index is 0.702. The number of thioether (sulfide) groups is 2. The Morgan fingerprint density at radius 3 is 2.86 bits per heavy atom. The highest BCUT2D eigenvalue weighted by Gasteiger charge is 2.05. The summed E-state index contributed by atoms with van der Waals surface area (Å²) in [7, 11) is 0. The molecule has 0 bridgehead atoms. The molecule has 21 heavy (non-hydrogen) atoms. The lowest BCUT2D eigenvalue weighted by Crippen LogP contribution is -1.97. The number of benzene rings is 1. The molecule has 6 heteroatoms. The molecule has 0 saturated heterocycles. The highest BCUT2D eigenvalue weighted by molar-refractivity contribution is 8.00. The first-order valence-corrected chi connectivity index (χ1v) is 9.97. The molecule has 3 rings (SSSR count). The molecule has 1 N–H and O–H groups in total. The van der Waals surface area contributed by atoms with E-state index in [0.717, 1.165) is 32.8 Å².